The quantitative estimate of drug-likeness (QED) is 0.403. The fourth-order valence-electron chi connectivity index (χ4n) is 1.81. The van der Waals surface area contributed by atoms with Crippen LogP contribution in [0.4, 0.5) is 4.79 Å². The van der Waals surface area contributed by atoms with Crippen molar-refractivity contribution in [3.05, 3.63) is 29.6 Å². The van der Waals surface area contributed by atoms with Crippen molar-refractivity contribution in [2.24, 2.45) is 16.5 Å². The van der Waals surface area contributed by atoms with Gasteiger partial charge in [0.15, 0.2) is 5.96 Å². The van der Waals surface area contributed by atoms with Crippen molar-refractivity contribution in [3.63, 3.8) is 0 Å². The lowest BCUT2D eigenvalue weighted by molar-refractivity contribution is 0.249. The summed E-state index contributed by atoms with van der Waals surface area (Å²) in [6.45, 7) is 2.67. The van der Waals surface area contributed by atoms with Crippen molar-refractivity contribution in [2.75, 3.05) is 6.54 Å². The van der Waals surface area contributed by atoms with Crippen LogP contribution >= 0.6 is 0 Å². The summed E-state index contributed by atoms with van der Waals surface area (Å²) in [5.74, 6) is -0.222. The smallest absolute Gasteiger partial charge is 0.344 e. The van der Waals surface area contributed by atoms with Crippen molar-refractivity contribution < 1.29 is 4.79 Å². The first kappa shape index (κ1) is 14.9. The zero-order valence-electron chi connectivity index (χ0n) is 11.2. The number of aliphatic imine (C=N–C) groups is 1. The maximum absolute atomic E-state index is 11.1. The number of pyridine rings is 1. The maximum atomic E-state index is 11.1. The Morgan fingerprint density at radius 3 is 2.89 bits per heavy atom. The number of guanidine groups is 1. The lowest BCUT2D eigenvalue weighted by atomic mass is 10.1. The van der Waals surface area contributed by atoms with Crippen LogP contribution in [0.5, 0.6) is 0 Å². The number of nitrogens with one attached hydrogen (secondary N) is 1. The number of urea groups is 1. The van der Waals surface area contributed by atoms with E-state index in [2.05, 4.69) is 28.3 Å². The summed E-state index contributed by atoms with van der Waals surface area (Å²) in [4.78, 5) is 18.8. The van der Waals surface area contributed by atoms with E-state index in [9.17, 15) is 4.79 Å². The number of rotatable bonds is 6. The molecule has 1 rings (SSSR count). The Kier molecular flexibility index (Phi) is 6.35. The molecule has 0 bridgehead atoms. The number of aromatic nitrogens is 1. The van der Waals surface area contributed by atoms with Gasteiger partial charge in [-0.05, 0) is 37.3 Å². The first-order valence-corrected chi connectivity index (χ1v) is 6.43. The number of aryl methyl sites for hydroxylation is 2. The number of carbonyl (C=O) groups excluding carboxylic acids is 1. The normalized spacial score (nSPS) is 9.95. The molecule has 0 radical (unpaired) electrons. The maximum Gasteiger partial charge on any atom is 0.344 e. The Labute approximate surface area is 113 Å². The highest BCUT2D eigenvalue weighted by molar-refractivity contribution is 5.90. The Hall–Kier alpha value is -2.11. The van der Waals surface area contributed by atoms with Crippen LogP contribution in [0.1, 0.15) is 31.0 Å². The van der Waals surface area contributed by atoms with E-state index in [1.807, 2.05) is 12.3 Å². The molecular formula is C13H21N5O. The predicted octanol–water partition coefficient (Wildman–Crippen LogP) is 0.950. The first-order chi connectivity index (χ1) is 9.13. The van der Waals surface area contributed by atoms with Gasteiger partial charge in [0.25, 0.3) is 0 Å². The van der Waals surface area contributed by atoms with E-state index in [-0.39, 0.29) is 5.96 Å². The van der Waals surface area contributed by atoms with Gasteiger partial charge in [0.1, 0.15) is 0 Å². The molecule has 0 saturated carbocycles. The largest absolute Gasteiger partial charge is 0.370 e. The summed E-state index contributed by atoms with van der Waals surface area (Å²) >= 11 is 0. The highest BCUT2D eigenvalue weighted by atomic mass is 16.2. The zero-order valence-corrected chi connectivity index (χ0v) is 11.2. The summed E-state index contributed by atoms with van der Waals surface area (Å²) in [6.07, 6.45) is 5.59. The van der Waals surface area contributed by atoms with Gasteiger partial charge in [0.05, 0.1) is 0 Å². The zero-order chi connectivity index (χ0) is 14.1. The van der Waals surface area contributed by atoms with E-state index in [0.29, 0.717) is 6.54 Å². The van der Waals surface area contributed by atoms with E-state index in [0.717, 1.165) is 31.4 Å². The van der Waals surface area contributed by atoms with Crippen molar-refractivity contribution in [1.29, 1.82) is 0 Å². The van der Waals surface area contributed by atoms with Gasteiger partial charge in [-0.2, -0.15) is 4.99 Å². The molecule has 2 amide bonds. The summed E-state index contributed by atoms with van der Waals surface area (Å²) in [5, 5.41) is 2.63. The number of nitrogens with two attached hydrogens (primary N) is 2. The fourth-order valence-corrected chi connectivity index (χ4v) is 1.81. The molecule has 0 aliphatic rings. The molecule has 0 saturated heterocycles. The monoisotopic (exact) mass is 263 g/mol. The second kappa shape index (κ2) is 8.07. The average molecular weight is 263 g/mol. The third-order valence-corrected chi connectivity index (χ3v) is 2.70. The van der Waals surface area contributed by atoms with Crippen LogP contribution in [0, 0.1) is 0 Å². The average Bonchev–Trinajstić information content (AvgIpc) is 2.38. The first-order valence-electron chi connectivity index (χ1n) is 6.43. The predicted molar refractivity (Wildman–Crippen MR) is 75.8 cm³/mol. The number of nitrogens with zero attached hydrogens (tertiary/aromatic N) is 2. The molecule has 0 unspecified atom stereocenters. The van der Waals surface area contributed by atoms with Crippen molar-refractivity contribution in [1.82, 2.24) is 10.3 Å². The molecule has 0 aromatic carbocycles. The van der Waals surface area contributed by atoms with Crippen LogP contribution in [0.2, 0.25) is 0 Å². The van der Waals surface area contributed by atoms with E-state index < -0.39 is 6.03 Å². The second-order valence-corrected chi connectivity index (χ2v) is 4.19. The third-order valence-electron chi connectivity index (χ3n) is 2.70. The molecular weight excluding hydrogens is 242 g/mol. The van der Waals surface area contributed by atoms with Crippen molar-refractivity contribution >= 4 is 12.0 Å². The van der Waals surface area contributed by atoms with Crippen LogP contribution in [-0.4, -0.2) is 23.5 Å². The minimum atomic E-state index is -0.490. The van der Waals surface area contributed by atoms with Gasteiger partial charge < -0.3 is 16.8 Å². The Morgan fingerprint density at radius 1 is 1.42 bits per heavy atom. The van der Waals surface area contributed by atoms with Crippen molar-refractivity contribution in [2.45, 2.75) is 32.6 Å². The van der Waals surface area contributed by atoms with E-state index in [1.165, 1.54) is 5.56 Å². The molecule has 0 aliphatic heterocycles. The number of carbonyl (C=O) groups is 1. The van der Waals surface area contributed by atoms with Gasteiger partial charge in [0.2, 0.25) is 0 Å². The molecule has 5 N–H and O–H groups in total. The fraction of sp³-hybridized carbons (Fsp3) is 0.462. The Balaban J connectivity index is 2.24. The molecule has 0 spiro atoms. The minimum absolute atomic E-state index is 0.222. The summed E-state index contributed by atoms with van der Waals surface area (Å²) in [6, 6.07) is 3.56. The molecule has 1 heterocycles. The van der Waals surface area contributed by atoms with E-state index in [4.69, 9.17) is 11.5 Å². The number of amides is 2. The molecule has 6 nitrogen and oxygen atoms in total. The van der Waals surface area contributed by atoms with E-state index >= 15 is 0 Å². The number of hydrogen-bond acceptors (Lipinski definition) is 2. The number of unbranched alkanes of at least 4 members (excludes halogenated alkanes) is 1. The standard InChI is InChI=1S/C13H21N5O/c1-2-11-10(7-5-9-16-11)6-3-4-8-17-13(19)18-12(14)15/h5,7,9H,2-4,6,8H2,1H3,(H5,14,15,17,18,19). The molecule has 1 aromatic rings. The molecule has 1 aromatic heterocycles. The second-order valence-electron chi connectivity index (χ2n) is 4.19. The van der Waals surface area contributed by atoms with Gasteiger partial charge >= 0.3 is 6.03 Å². The van der Waals surface area contributed by atoms with Gasteiger partial charge in [0, 0.05) is 18.4 Å². The molecule has 0 fully saturated rings. The molecule has 19 heavy (non-hydrogen) atoms. The van der Waals surface area contributed by atoms with Crippen LogP contribution in [0.3, 0.4) is 0 Å². The van der Waals surface area contributed by atoms with Gasteiger partial charge in [-0.25, -0.2) is 4.79 Å². The van der Waals surface area contributed by atoms with E-state index in [1.54, 1.807) is 0 Å². The lowest BCUT2D eigenvalue weighted by Gasteiger charge is -2.06. The molecule has 6 heteroatoms. The Bertz CT molecular complexity index is 440. The third kappa shape index (κ3) is 5.85. The van der Waals surface area contributed by atoms with Crippen LogP contribution < -0.4 is 16.8 Å². The Morgan fingerprint density at radius 2 is 2.21 bits per heavy atom. The van der Waals surface area contributed by atoms with Crippen LogP contribution in [0.15, 0.2) is 23.3 Å². The summed E-state index contributed by atoms with van der Waals surface area (Å²) in [5.41, 5.74) is 12.6. The highest BCUT2D eigenvalue weighted by Gasteiger charge is 2.01. The lowest BCUT2D eigenvalue weighted by Crippen LogP contribution is -2.29. The van der Waals surface area contributed by atoms with Crippen LogP contribution in [-0.2, 0) is 12.8 Å². The van der Waals surface area contributed by atoms with Crippen LogP contribution in [0.25, 0.3) is 0 Å². The SMILES string of the molecule is CCc1ncccc1CCCCNC(=O)N=C(N)N. The van der Waals surface area contributed by atoms with Gasteiger partial charge in [-0.1, -0.05) is 13.0 Å². The molecule has 0 atom stereocenters. The highest BCUT2D eigenvalue weighted by Crippen LogP contribution is 2.09. The minimum Gasteiger partial charge on any atom is -0.370 e. The van der Waals surface area contributed by atoms with Gasteiger partial charge in [-0.3, -0.25) is 4.98 Å². The summed E-state index contributed by atoms with van der Waals surface area (Å²) < 4.78 is 0. The van der Waals surface area contributed by atoms with Gasteiger partial charge in [-0.15, -0.1) is 0 Å². The summed E-state index contributed by atoms with van der Waals surface area (Å²) in [7, 11) is 0. The molecule has 0 aliphatic carbocycles. The number of hydrogen-bond donors (Lipinski definition) is 3. The topological polar surface area (TPSA) is 106 Å². The van der Waals surface area contributed by atoms with Crippen molar-refractivity contribution in [3.8, 4) is 0 Å². The molecule has 104 valence electrons.